The van der Waals surface area contributed by atoms with Gasteiger partial charge in [-0.15, -0.1) is 0 Å². The molecule has 0 spiro atoms. The first-order valence-corrected chi connectivity index (χ1v) is 16.0. The Morgan fingerprint density at radius 3 is 2.20 bits per heavy atom. The highest BCUT2D eigenvalue weighted by Crippen LogP contribution is 2.34. The zero-order chi connectivity index (χ0) is 32.3. The Morgan fingerprint density at radius 1 is 0.870 bits per heavy atom. The third-order valence-electron chi connectivity index (χ3n) is 8.57. The van der Waals surface area contributed by atoms with E-state index in [9.17, 15) is 14.4 Å². The normalized spacial score (nSPS) is 18.8. The smallest absolute Gasteiger partial charge is 0.410 e. The van der Waals surface area contributed by atoms with Gasteiger partial charge in [-0.3, -0.25) is 9.59 Å². The fourth-order valence-electron chi connectivity index (χ4n) is 6.43. The molecule has 46 heavy (non-hydrogen) atoms. The van der Waals surface area contributed by atoms with E-state index < -0.39 is 11.6 Å². The molecular weight excluding hydrogens is 578 g/mol. The van der Waals surface area contributed by atoms with Crippen molar-refractivity contribution in [3.63, 3.8) is 0 Å². The molecular formula is C37H41N5O4. The van der Waals surface area contributed by atoms with Gasteiger partial charge in [0.25, 0.3) is 5.91 Å². The zero-order valence-corrected chi connectivity index (χ0v) is 26.7. The van der Waals surface area contributed by atoms with Crippen LogP contribution in [0.1, 0.15) is 55.7 Å². The van der Waals surface area contributed by atoms with Crippen LogP contribution in [-0.2, 0) is 16.0 Å². The Hall–Kier alpha value is -4.92. The van der Waals surface area contributed by atoms with Crippen molar-refractivity contribution in [2.45, 2.75) is 57.7 Å². The Balaban J connectivity index is 1.34. The predicted octanol–water partition coefficient (Wildman–Crippen LogP) is 6.22. The van der Waals surface area contributed by atoms with E-state index in [2.05, 4.69) is 0 Å². The van der Waals surface area contributed by atoms with E-state index >= 15 is 0 Å². The lowest BCUT2D eigenvalue weighted by molar-refractivity contribution is -0.123. The molecule has 2 fully saturated rings. The lowest BCUT2D eigenvalue weighted by Crippen LogP contribution is -2.58. The van der Waals surface area contributed by atoms with Crippen LogP contribution in [0.3, 0.4) is 0 Å². The number of hydrogen-bond acceptors (Lipinski definition) is 5. The fourth-order valence-corrected chi connectivity index (χ4v) is 6.43. The fraction of sp³-hybridized carbons (Fsp3) is 0.351. The van der Waals surface area contributed by atoms with Gasteiger partial charge in [0.05, 0.1) is 18.1 Å². The van der Waals surface area contributed by atoms with Gasteiger partial charge in [-0.25, -0.2) is 9.78 Å². The highest BCUT2D eigenvalue weighted by molar-refractivity contribution is 6.00. The molecule has 2 aliphatic heterocycles. The van der Waals surface area contributed by atoms with Gasteiger partial charge in [-0.2, -0.15) is 0 Å². The summed E-state index contributed by atoms with van der Waals surface area (Å²) in [6, 6.07) is 28.6. The quantitative estimate of drug-likeness (QED) is 0.256. The minimum absolute atomic E-state index is 0.0149. The molecule has 0 bridgehead atoms. The number of nitrogens with zero attached hydrogens (tertiary/aromatic N) is 5. The van der Waals surface area contributed by atoms with Crippen molar-refractivity contribution in [3.05, 3.63) is 109 Å². The standard InChI is InChI=1S/C37H41N5O4/c1-37(2,3)46-36(45)39-22-23-41(30(25-39)24-27-14-7-4-8-15-27)35(44)32-33(28-16-9-5-10-17-28)42(26-38-32)31-20-13-21-40(34(31)43)29-18-11-6-12-19-29/h4-12,14-19,26,30-31H,13,20-25H2,1-3H3/t30-,31?/m1/s1. The van der Waals surface area contributed by atoms with Gasteiger partial charge < -0.3 is 24.0 Å². The summed E-state index contributed by atoms with van der Waals surface area (Å²) in [5.41, 5.74) is 3.06. The molecule has 1 aromatic heterocycles. The van der Waals surface area contributed by atoms with Gasteiger partial charge in [0.1, 0.15) is 11.6 Å². The molecule has 0 saturated carbocycles. The average Bonchev–Trinajstić information content (AvgIpc) is 3.50. The molecule has 0 N–H and O–H groups in total. The van der Waals surface area contributed by atoms with Crippen molar-refractivity contribution < 1.29 is 19.1 Å². The van der Waals surface area contributed by atoms with Crippen LogP contribution in [0.5, 0.6) is 0 Å². The number of piperazine rings is 1. The third-order valence-corrected chi connectivity index (χ3v) is 8.57. The molecule has 3 aromatic carbocycles. The molecule has 3 amide bonds. The number of hydrogen-bond donors (Lipinski definition) is 0. The Kier molecular flexibility index (Phi) is 8.92. The van der Waals surface area contributed by atoms with Crippen LogP contribution in [-0.4, -0.2) is 75.1 Å². The summed E-state index contributed by atoms with van der Waals surface area (Å²) in [5.74, 6) is -0.232. The number of imidazole rings is 1. The van der Waals surface area contributed by atoms with Crippen molar-refractivity contribution in [2.24, 2.45) is 0 Å². The van der Waals surface area contributed by atoms with E-state index in [0.29, 0.717) is 50.4 Å². The van der Waals surface area contributed by atoms with Crippen molar-refractivity contribution in [3.8, 4) is 11.3 Å². The second kappa shape index (κ2) is 13.2. The van der Waals surface area contributed by atoms with E-state index in [0.717, 1.165) is 23.2 Å². The molecule has 6 rings (SSSR count). The summed E-state index contributed by atoms with van der Waals surface area (Å²) in [7, 11) is 0. The molecule has 2 atom stereocenters. The van der Waals surface area contributed by atoms with Crippen molar-refractivity contribution >= 4 is 23.6 Å². The van der Waals surface area contributed by atoms with Crippen LogP contribution < -0.4 is 4.90 Å². The number of anilines is 1. The molecule has 0 aliphatic carbocycles. The molecule has 4 aromatic rings. The Morgan fingerprint density at radius 2 is 1.52 bits per heavy atom. The lowest BCUT2D eigenvalue weighted by atomic mass is 10.00. The van der Waals surface area contributed by atoms with Crippen molar-refractivity contribution in [2.75, 3.05) is 31.1 Å². The van der Waals surface area contributed by atoms with E-state index in [4.69, 9.17) is 9.72 Å². The molecule has 2 saturated heterocycles. The largest absolute Gasteiger partial charge is 0.444 e. The molecule has 0 radical (unpaired) electrons. The third kappa shape index (κ3) is 6.68. The predicted molar refractivity (Wildman–Crippen MR) is 178 cm³/mol. The maximum atomic E-state index is 14.6. The summed E-state index contributed by atoms with van der Waals surface area (Å²) in [6.45, 7) is 7.21. The maximum Gasteiger partial charge on any atom is 0.410 e. The van der Waals surface area contributed by atoms with Gasteiger partial charge in [0.2, 0.25) is 5.91 Å². The molecule has 9 heteroatoms. The van der Waals surface area contributed by atoms with Crippen LogP contribution in [0.15, 0.2) is 97.3 Å². The van der Waals surface area contributed by atoms with Gasteiger partial charge >= 0.3 is 6.09 Å². The van der Waals surface area contributed by atoms with Crippen LogP contribution in [0.4, 0.5) is 10.5 Å². The first-order chi connectivity index (χ1) is 22.2. The van der Waals surface area contributed by atoms with E-state index in [-0.39, 0.29) is 23.9 Å². The van der Waals surface area contributed by atoms with Crippen LogP contribution in [0.25, 0.3) is 11.3 Å². The van der Waals surface area contributed by atoms with Gasteiger partial charge in [-0.05, 0) is 57.7 Å². The number of rotatable bonds is 6. The first kappa shape index (κ1) is 31.1. The lowest BCUT2D eigenvalue weighted by Gasteiger charge is -2.41. The monoisotopic (exact) mass is 619 g/mol. The van der Waals surface area contributed by atoms with Crippen LogP contribution in [0, 0.1) is 0 Å². The number of para-hydroxylation sites is 1. The second-order valence-corrected chi connectivity index (χ2v) is 13.0. The number of carbonyl (C=O) groups excluding carboxylic acids is 3. The first-order valence-electron chi connectivity index (χ1n) is 16.0. The summed E-state index contributed by atoms with van der Waals surface area (Å²) in [5, 5.41) is 0. The van der Waals surface area contributed by atoms with E-state index in [1.807, 2.05) is 126 Å². The average molecular weight is 620 g/mol. The summed E-state index contributed by atoms with van der Waals surface area (Å²) < 4.78 is 7.58. The molecule has 2 aliphatic rings. The number of amides is 3. The SMILES string of the molecule is CC(C)(C)OC(=O)N1CCN(C(=O)c2ncn(C3CCCN(c4ccccc4)C3=O)c2-c2ccccc2)[C@H](Cc2ccccc2)C1. The van der Waals surface area contributed by atoms with Gasteiger partial charge in [0.15, 0.2) is 5.69 Å². The summed E-state index contributed by atoms with van der Waals surface area (Å²) in [6.07, 6.45) is 3.31. The van der Waals surface area contributed by atoms with Gasteiger partial charge in [0, 0.05) is 37.4 Å². The highest BCUT2D eigenvalue weighted by atomic mass is 16.6. The number of carbonyl (C=O) groups is 3. The highest BCUT2D eigenvalue weighted by Gasteiger charge is 2.39. The van der Waals surface area contributed by atoms with Crippen LogP contribution >= 0.6 is 0 Å². The maximum absolute atomic E-state index is 14.6. The molecule has 9 nitrogen and oxygen atoms in total. The van der Waals surface area contributed by atoms with Crippen molar-refractivity contribution in [1.29, 1.82) is 0 Å². The topological polar surface area (TPSA) is 88.0 Å². The zero-order valence-electron chi connectivity index (χ0n) is 26.7. The molecule has 1 unspecified atom stereocenters. The van der Waals surface area contributed by atoms with Gasteiger partial charge in [-0.1, -0.05) is 78.9 Å². The minimum atomic E-state index is -0.622. The molecule has 3 heterocycles. The van der Waals surface area contributed by atoms with Crippen molar-refractivity contribution in [1.82, 2.24) is 19.4 Å². The number of ether oxygens (including phenoxy) is 1. The summed E-state index contributed by atoms with van der Waals surface area (Å²) >= 11 is 0. The second-order valence-electron chi connectivity index (χ2n) is 13.0. The van der Waals surface area contributed by atoms with E-state index in [1.165, 1.54) is 0 Å². The number of piperidine rings is 1. The Labute approximate surface area is 270 Å². The molecule has 238 valence electrons. The minimum Gasteiger partial charge on any atom is -0.444 e. The number of benzene rings is 3. The van der Waals surface area contributed by atoms with E-state index in [1.54, 1.807) is 11.2 Å². The summed E-state index contributed by atoms with van der Waals surface area (Å²) in [4.78, 5) is 51.7. The number of aromatic nitrogens is 2. The van der Waals surface area contributed by atoms with Crippen LogP contribution in [0.2, 0.25) is 0 Å². The Bertz CT molecular complexity index is 1670.